The molecule has 1 fully saturated rings. The molecular formula is C17H17Cl2N3O3S. The van der Waals surface area contributed by atoms with Crippen molar-refractivity contribution in [2.75, 3.05) is 26.2 Å². The SMILES string of the molecule is Cc1cccc(C(=O)N2CCN(S(=O)(=O)c3c(Cl)cccc3Cl)CC2)n1. The molecule has 0 spiro atoms. The van der Waals surface area contributed by atoms with Crippen LogP contribution in [0.4, 0.5) is 0 Å². The maximum absolute atomic E-state index is 12.9. The predicted molar refractivity (Wildman–Crippen MR) is 100 cm³/mol. The van der Waals surface area contributed by atoms with E-state index in [4.69, 9.17) is 23.2 Å². The minimum Gasteiger partial charge on any atom is -0.335 e. The lowest BCUT2D eigenvalue weighted by Crippen LogP contribution is -2.50. The molecule has 0 radical (unpaired) electrons. The number of hydrogen-bond donors (Lipinski definition) is 0. The van der Waals surface area contributed by atoms with Gasteiger partial charge in [0.25, 0.3) is 5.91 Å². The van der Waals surface area contributed by atoms with Crippen LogP contribution < -0.4 is 0 Å². The first-order valence-electron chi connectivity index (χ1n) is 7.98. The van der Waals surface area contributed by atoms with Crippen LogP contribution in [-0.4, -0.2) is 54.7 Å². The Bertz CT molecular complexity index is 922. The molecule has 0 saturated carbocycles. The second kappa shape index (κ2) is 7.52. The third-order valence-electron chi connectivity index (χ3n) is 4.15. The molecule has 1 amide bonds. The highest BCUT2D eigenvalue weighted by Crippen LogP contribution is 2.31. The van der Waals surface area contributed by atoms with Crippen molar-refractivity contribution in [1.82, 2.24) is 14.2 Å². The molecule has 26 heavy (non-hydrogen) atoms. The van der Waals surface area contributed by atoms with Gasteiger partial charge < -0.3 is 4.90 Å². The summed E-state index contributed by atoms with van der Waals surface area (Å²) >= 11 is 12.1. The van der Waals surface area contributed by atoms with Gasteiger partial charge in [-0.15, -0.1) is 0 Å². The Labute approximate surface area is 162 Å². The Morgan fingerprint density at radius 2 is 1.58 bits per heavy atom. The number of carbonyl (C=O) groups excluding carboxylic acids is 1. The van der Waals surface area contributed by atoms with Crippen LogP contribution in [0.3, 0.4) is 0 Å². The van der Waals surface area contributed by atoms with Crippen molar-refractivity contribution >= 4 is 39.1 Å². The van der Waals surface area contributed by atoms with E-state index in [-0.39, 0.29) is 47.0 Å². The Balaban J connectivity index is 1.75. The summed E-state index contributed by atoms with van der Waals surface area (Å²) in [6, 6.07) is 9.81. The molecule has 0 N–H and O–H groups in total. The standard InChI is InChI=1S/C17H17Cl2N3O3S/c1-12-4-2-7-15(20-12)17(23)21-8-10-22(11-9-21)26(24,25)16-13(18)5-3-6-14(16)19/h2-7H,8-11H2,1H3. The van der Waals surface area contributed by atoms with Gasteiger partial charge in [0, 0.05) is 31.9 Å². The van der Waals surface area contributed by atoms with Crippen molar-refractivity contribution in [3.05, 3.63) is 57.8 Å². The summed E-state index contributed by atoms with van der Waals surface area (Å²) in [7, 11) is -3.83. The summed E-state index contributed by atoms with van der Waals surface area (Å²) in [5.41, 5.74) is 1.11. The van der Waals surface area contributed by atoms with E-state index in [0.717, 1.165) is 5.69 Å². The number of benzene rings is 1. The Kier molecular flexibility index (Phi) is 5.53. The molecule has 0 unspecified atom stereocenters. The van der Waals surface area contributed by atoms with Crippen LogP contribution in [0.25, 0.3) is 0 Å². The number of nitrogens with zero attached hydrogens (tertiary/aromatic N) is 3. The first-order chi connectivity index (χ1) is 12.3. The van der Waals surface area contributed by atoms with Gasteiger partial charge in [-0.25, -0.2) is 13.4 Å². The molecule has 1 aliphatic heterocycles. The molecule has 1 saturated heterocycles. The number of hydrogen-bond acceptors (Lipinski definition) is 4. The second-order valence-electron chi connectivity index (χ2n) is 5.91. The number of rotatable bonds is 3. The second-order valence-corrected chi connectivity index (χ2v) is 8.60. The highest BCUT2D eigenvalue weighted by atomic mass is 35.5. The maximum atomic E-state index is 12.9. The topological polar surface area (TPSA) is 70.6 Å². The summed E-state index contributed by atoms with van der Waals surface area (Å²) in [6.45, 7) is 2.70. The zero-order valence-electron chi connectivity index (χ0n) is 14.0. The van der Waals surface area contributed by atoms with Crippen LogP contribution in [0, 0.1) is 6.92 Å². The van der Waals surface area contributed by atoms with Crippen LogP contribution in [-0.2, 0) is 10.0 Å². The van der Waals surface area contributed by atoms with Crippen LogP contribution in [0.5, 0.6) is 0 Å². The molecule has 0 atom stereocenters. The number of sulfonamides is 1. The van der Waals surface area contributed by atoms with E-state index in [1.165, 1.54) is 16.4 Å². The van der Waals surface area contributed by atoms with Crippen molar-refractivity contribution in [3.8, 4) is 0 Å². The van der Waals surface area contributed by atoms with E-state index in [1.807, 2.05) is 13.0 Å². The molecule has 138 valence electrons. The van der Waals surface area contributed by atoms with E-state index in [2.05, 4.69) is 4.98 Å². The molecule has 6 nitrogen and oxygen atoms in total. The number of halogens is 2. The molecule has 2 aromatic rings. The lowest BCUT2D eigenvalue weighted by atomic mass is 10.2. The number of piperazine rings is 1. The molecule has 2 heterocycles. The van der Waals surface area contributed by atoms with Crippen LogP contribution in [0.1, 0.15) is 16.2 Å². The molecule has 1 aromatic heterocycles. The van der Waals surface area contributed by atoms with Gasteiger partial charge in [0.05, 0.1) is 10.0 Å². The van der Waals surface area contributed by atoms with Gasteiger partial charge in [0.15, 0.2) is 0 Å². The van der Waals surface area contributed by atoms with E-state index < -0.39 is 10.0 Å². The fourth-order valence-corrected chi connectivity index (χ4v) is 5.33. The highest BCUT2D eigenvalue weighted by Gasteiger charge is 2.33. The summed E-state index contributed by atoms with van der Waals surface area (Å²) < 4.78 is 27.0. The smallest absolute Gasteiger partial charge is 0.272 e. The molecule has 3 rings (SSSR count). The van der Waals surface area contributed by atoms with E-state index in [1.54, 1.807) is 23.1 Å². The van der Waals surface area contributed by atoms with Gasteiger partial charge in [-0.2, -0.15) is 4.31 Å². The normalized spacial score (nSPS) is 15.9. The number of carbonyl (C=O) groups is 1. The van der Waals surface area contributed by atoms with Gasteiger partial charge >= 0.3 is 0 Å². The number of amides is 1. The zero-order chi connectivity index (χ0) is 18.9. The largest absolute Gasteiger partial charge is 0.335 e. The lowest BCUT2D eigenvalue weighted by molar-refractivity contribution is 0.0691. The minimum atomic E-state index is -3.83. The summed E-state index contributed by atoms with van der Waals surface area (Å²) in [6.07, 6.45) is 0. The first-order valence-corrected chi connectivity index (χ1v) is 10.2. The Hall–Kier alpha value is -1.67. The van der Waals surface area contributed by atoms with E-state index >= 15 is 0 Å². The van der Waals surface area contributed by atoms with E-state index in [0.29, 0.717) is 5.69 Å². The van der Waals surface area contributed by atoms with Crippen LogP contribution >= 0.6 is 23.2 Å². The van der Waals surface area contributed by atoms with E-state index in [9.17, 15) is 13.2 Å². The van der Waals surface area contributed by atoms with Gasteiger partial charge in [-0.05, 0) is 31.2 Å². The molecule has 0 aliphatic carbocycles. The first kappa shape index (κ1) is 19.1. The van der Waals surface area contributed by atoms with Gasteiger partial charge in [0.2, 0.25) is 10.0 Å². The van der Waals surface area contributed by atoms with Gasteiger partial charge in [-0.3, -0.25) is 4.79 Å². The third-order valence-corrected chi connectivity index (χ3v) is 7.00. The summed E-state index contributed by atoms with van der Waals surface area (Å²) in [4.78, 5) is 18.3. The molecule has 9 heteroatoms. The number of aryl methyl sites for hydroxylation is 1. The Morgan fingerprint density at radius 1 is 1.00 bits per heavy atom. The number of pyridine rings is 1. The third kappa shape index (κ3) is 3.71. The minimum absolute atomic E-state index is 0.0833. The highest BCUT2D eigenvalue weighted by molar-refractivity contribution is 7.89. The van der Waals surface area contributed by atoms with Crippen LogP contribution in [0.15, 0.2) is 41.3 Å². The molecule has 1 aromatic carbocycles. The van der Waals surface area contributed by atoms with Crippen molar-refractivity contribution in [2.24, 2.45) is 0 Å². The quantitative estimate of drug-likeness (QED) is 0.775. The molecule has 0 bridgehead atoms. The fraction of sp³-hybridized carbons (Fsp3) is 0.294. The van der Waals surface area contributed by atoms with Gasteiger partial charge in [0.1, 0.15) is 10.6 Å². The maximum Gasteiger partial charge on any atom is 0.272 e. The van der Waals surface area contributed by atoms with Gasteiger partial charge in [-0.1, -0.05) is 35.3 Å². The Morgan fingerprint density at radius 3 is 2.15 bits per heavy atom. The summed E-state index contributed by atoms with van der Waals surface area (Å²) in [5.74, 6) is -0.207. The van der Waals surface area contributed by atoms with Crippen LogP contribution in [0.2, 0.25) is 10.0 Å². The average molecular weight is 414 g/mol. The lowest BCUT2D eigenvalue weighted by Gasteiger charge is -2.34. The van der Waals surface area contributed by atoms with Crippen molar-refractivity contribution in [1.29, 1.82) is 0 Å². The average Bonchev–Trinajstić information content (AvgIpc) is 2.61. The fourth-order valence-electron chi connectivity index (χ4n) is 2.81. The summed E-state index contributed by atoms with van der Waals surface area (Å²) in [5, 5.41) is 0.167. The predicted octanol–water partition coefficient (Wildman–Crippen LogP) is 2.84. The zero-order valence-corrected chi connectivity index (χ0v) is 16.4. The molecule has 1 aliphatic rings. The molecular weight excluding hydrogens is 397 g/mol. The van der Waals surface area contributed by atoms with Crippen molar-refractivity contribution in [3.63, 3.8) is 0 Å². The van der Waals surface area contributed by atoms with Crippen molar-refractivity contribution < 1.29 is 13.2 Å². The monoisotopic (exact) mass is 413 g/mol. The van der Waals surface area contributed by atoms with Crippen molar-refractivity contribution in [2.45, 2.75) is 11.8 Å². The number of aromatic nitrogens is 1.